The van der Waals surface area contributed by atoms with Gasteiger partial charge in [-0.15, -0.1) is 0 Å². The summed E-state index contributed by atoms with van der Waals surface area (Å²) in [5.41, 5.74) is 3.47. The second kappa shape index (κ2) is 6.47. The molecule has 126 valence electrons. The van der Waals surface area contributed by atoms with Crippen molar-refractivity contribution in [3.05, 3.63) is 83.2 Å². The average Bonchev–Trinajstić information content (AvgIpc) is 3.25. The van der Waals surface area contributed by atoms with Gasteiger partial charge in [0, 0.05) is 5.56 Å². The number of amides is 1. The summed E-state index contributed by atoms with van der Waals surface area (Å²) in [5, 5.41) is 7.18. The highest BCUT2D eigenvalue weighted by molar-refractivity contribution is 5.96. The van der Waals surface area contributed by atoms with Gasteiger partial charge in [-0.25, -0.2) is 14.1 Å². The van der Waals surface area contributed by atoms with E-state index in [9.17, 15) is 9.18 Å². The van der Waals surface area contributed by atoms with Crippen LogP contribution in [0.1, 0.15) is 39.5 Å². The molecule has 0 saturated carbocycles. The fourth-order valence-corrected chi connectivity index (χ4v) is 3.34. The fraction of sp³-hybridized carbons (Fsp3) is 0.211. The summed E-state index contributed by atoms with van der Waals surface area (Å²) in [6.07, 6.45) is 4.65. The third-order valence-electron chi connectivity index (χ3n) is 4.55. The number of hydrogen-bond acceptors (Lipinski definition) is 3. The number of halogens is 1. The zero-order valence-corrected chi connectivity index (χ0v) is 13.5. The Kier molecular flexibility index (Phi) is 4.01. The molecule has 1 aromatic heterocycles. The molecule has 1 amide bonds. The van der Waals surface area contributed by atoms with Crippen LogP contribution in [0.5, 0.6) is 0 Å². The van der Waals surface area contributed by atoms with Gasteiger partial charge in [-0.2, -0.15) is 5.10 Å². The fourth-order valence-electron chi connectivity index (χ4n) is 3.34. The molecule has 6 heteroatoms. The molecule has 1 aliphatic carbocycles. The first-order chi connectivity index (χ1) is 12.2. The quantitative estimate of drug-likeness (QED) is 0.797. The average molecular weight is 336 g/mol. The summed E-state index contributed by atoms with van der Waals surface area (Å²) in [5.74, 6) is -0.359. The normalized spacial score (nSPS) is 15.8. The lowest BCUT2D eigenvalue weighted by atomic mass is 10.0. The number of hydrogen-bond donors (Lipinski definition) is 1. The van der Waals surface area contributed by atoms with Crippen molar-refractivity contribution in [3.63, 3.8) is 0 Å². The molecule has 0 radical (unpaired) electrons. The molecule has 5 nitrogen and oxygen atoms in total. The number of fused-ring (bicyclic) bond motifs is 1. The Balaban J connectivity index is 1.55. The van der Waals surface area contributed by atoms with Gasteiger partial charge in [0.25, 0.3) is 5.91 Å². The van der Waals surface area contributed by atoms with E-state index in [1.165, 1.54) is 12.4 Å². The van der Waals surface area contributed by atoms with E-state index in [1.54, 1.807) is 23.1 Å². The molecule has 1 aliphatic rings. The number of carbonyl (C=O) groups is 1. The lowest BCUT2D eigenvalue weighted by Crippen LogP contribution is -2.28. The second-order valence-corrected chi connectivity index (χ2v) is 6.16. The Labute approximate surface area is 144 Å². The van der Waals surface area contributed by atoms with Crippen molar-refractivity contribution >= 4 is 5.91 Å². The van der Waals surface area contributed by atoms with Crippen molar-refractivity contribution in [3.8, 4) is 0 Å². The Morgan fingerprint density at radius 1 is 1.28 bits per heavy atom. The molecule has 3 aromatic rings. The van der Waals surface area contributed by atoms with E-state index in [2.05, 4.69) is 15.4 Å². The van der Waals surface area contributed by atoms with E-state index in [0.717, 1.165) is 29.5 Å². The lowest BCUT2D eigenvalue weighted by molar-refractivity contribution is 0.0935. The first kappa shape index (κ1) is 15.5. The number of aryl methyl sites for hydroxylation is 1. The van der Waals surface area contributed by atoms with Gasteiger partial charge in [0.2, 0.25) is 0 Å². The number of rotatable bonds is 4. The number of nitrogens with zero attached hydrogens (tertiary/aromatic N) is 3. The van der Waals surface area contributed by atoms with Crippen molar-refractivity contribution in [1.29, 1.82) is 0 Å². The van der Waals surface area contributed by atoms with E-state index in [4.69, 9.17) is 0 Å². The van der Waals surface area contributed by atoms with Crippen LogP contribution in [0.4, 0.5) is 4.39 Å². The van der Waals surface area contributed by atoms with Crippen LogP contribution in [0, 0.1) is 5.82 Å². The van der Waals surface area contributed by atoms with Crippen LogP contribution < -0.4 is 5.32 Å². The summed E-state index contributed by atoms with van der Waals surface area (Å²) >= 11 is 0. The smallest absolute Gasteiger partial charge is 0.252 e. The number of benzene rings is 2. The van der Waals surface area contributed by atoms with E-state index in [-0.39, 0.29) is 17.8 Å². The number of aromatic nitrogens is 3. The van der Waals surface area contributed by atoms with Crippen LogP contribution in [0.3, 0.4) is 0 Å². The summed E-state index contributed by atoms with van der Waals surface area (Å²) < 4.78 is 15.0. The topological polar surface area (TPSA) is 59.8 Å². The van der Waals surface area contributed by atoms with Gasteiger partial charge in [-0.3, -0.25) is 4.79 Å². The molecule has 1 N–H and O–H groups in total. The van der Waals surface area contributed by atoms with Gasteiger partial charge in [-0.1, -0.05) is 24.3 Å². The third kappa shape index (κ3) is 3.15. The van der Waals surface area contributed by atoms with Crippen molar-refractivity contribution < 1.29 is 9.18 Å². The van der Waals surface area contributed by atoms with Gasteiger partial charge in [0.15, 0.2) is 0 Å². The molecule has 0 fully saturated rings. The maximum absolute atomic E-state index is 13.3. The van der Waals surface area contributed by atoms with Gasteiger partial charge in [-0.05, 0) is 47.7 Å². The van der Waals surface area contributed by atoms with Crippen LogP contribution >= 0.6 is 0 Å². The van der Waals surface area contributed by atoms with Crippen LogP contribution in [-0.4, -0.2) is 20.7 Å². The minimum Gasteiger partial charge on any atom is -0.345 e. The molecular formula is C19H17FN4O. The second-order valence-electron chi connectivity index (χ2n) is 6.16. The predicted molar refractivity (Wildman–Crippen MR) is 90.5 cm³/mol. The molecule has 4 rings (SSSR count). The van der Waals surface area contributed by atoms with Crippen LogP contribution in [0.2, 0.25) is 0 Å². The Hall–Kier alpha value is -3.02. The van der Waals surface area contributed by atoms with Crippen molar-refractivity contribution in [2.45, 2.75) is 25.4 Å². The van der Waals surface area contributed by atoms with Gasteiger partial charge in [0.1, 0.15) is 18.5 Å². The van der Waals surface area contributed by atoms with Gasteiger partial charge >= 0.3 is 0 Å². The highest BCUT2D eigenvalue weighted by Crippen LogP contribution is 2.31. The SMILES string of the molecule is O=C(NC1CCc2cc(F)ccc21)c1ccccc1Cn1cncn1. The monoisotopic (exact) mass is 336 g/mol. The summed E-state index contributed by atoms with van der Waals surface area (Å²) in [7, 11) is 0. The van der Waals surface area contributed by atoms with Crippen molar-refractivity contribution in [1.82, 2.24) is 20.1 Å². The molecule has 1 heterocycles. The van der Waals surface area contributed by atoms with Gasteiger partial charge in [0.05, 0.1) is 12.6 Å². The van der Waals surface area contributed by atoms with E-state index < -0.39 is 0 Å². The summed E-state index contributed by atoms with van der Waals surface area (Å²) in [6, 6.07) is 12.2. The standard InChI is InChI=1S/C19H17FN4O/c20-15-6-7-16-13(9-15)5-8-18(16)23-19(25)17-4-2-1-3-14(17)10-24-12-21-11-22-24/h1-4,6-7,9,11-12,18H,5,8,10H2,(H,23,25). The zero-order chi connectivity index (χ0) is 17.2. The summed E-state index contributed by atoms with van der Waals surface area (Å²) in [4.78, 5) is 16.7. The molecule has 0 spiro atoms. The predicted octanol–water partition coefficient (Wildman–Crippen LogP) is 2.88. The molecule has 1 unspecified atom stereocenters. The molecule has 1 atom stereocenters. The molecule has 0 bridgehead atoms. The minimum absolute atomic E-state index is 0.0810. The lowest BCUT2D eigenvalue weighted by Gasteiger charge is -2.16. The van der Waals surface area contributed by atoms with Crippen LogP contribution in [-0.2, 0) is 13.0 Å². The van der Waals surface area contributed by atoms with E-state index in [1.807, 2.05) is 24.3 Å². The Bertz CT molecular complexity index is 908. The Morgan fingerprint density at radius 3 is 3.00 bits per heavy atom. The molecule has 2 aromatic carbocycles. The first-order valence-electron chi connectivity index (χ1n) is 8.20. The Morgan fingerprint density at radius 2 is 2.16 bits per heavy atom. The maximum atomic E-state index is 13.3. The van der Waals surface area contributed by atoms with E-state index >= 15 is 0 Å². The maximum Gasteiger partial charge on any atom is 0.252 e. The molecule has 0 saturated heterocycles. The minimum atomic E-state index is -0.232. The number of nitrogens with one attached hydrogen (secondary N) is 1. The van der Waals surface area contributed by atoms with Crippen molar-refractivity contribution in [2.75, 3.05) is 0 Å². The highest BCUT2D eigenvalue weighted by atomic mass is 19.1. The van der Waals surface area contributed by atoms with E-state index in [0.29, 0.717) is 12.1 Å². The largest absolute Gasteiger partial charge is 0.345 e. The van der Waals surface area contributed by atoms with Crippen LogP contribution in [0.15, 0.2) is 55.1 Å². The summed E-state index contributed by atoms with van der Waals surface area (Å²) in [6.45, 7) is 0.482. The van der Waals surface area contributed by atoms with Crippen molar-refractivity contribution in [2.24, 2.45) is 0 Å². The zero-order valence-electron chi connectivity index (χ0n) is 13.5. The van der Waals surface area contributed by atoms with Gasteiger partial charge < -0.3 is 5.32 Å². The number of carbonyl (C=O) groups excluding carboxylic acids is 1. The first-order valence-corrected chi connectivity index (χ1v) is 8.20. The third-order valence-corrected chi connectivity index (χ3v) is 4.55. The highest BCUT2D eigenvalue weighted by Gasteiger charge is 2.25. The molecular weight excluding hydrogens is 319 g/mol. The molecule has 0 aliphatic heterocycles. The van der Waals surface area contributed by atoms with Crippen LogP contribution in [0.25, 0.3) is 0 Å². The molecule has 25 heavy (non-hydrogen) atoms.